The zero-order chi connectivity index (χ0) is 17.5. The third-order valence-electron chi connectivity index (χ3n) is 4.70. The third kappa shape index (κ3) is 4.79. The van der Waals surface area contributed by atoms with Crippen molar-refractivity contribution in [2.75, 3.05) is 5.32 Å². The van der Waals surface area contributed by atoms with Crippen molar-refractivity contribution < 1.29 is 4.79 Å². The van der Waals surface area contributed by atoms with Gasteiger partial charge in [0.2, 0.25) is 5.91 Å². The quantitative estimate of drug-likeness (QED) is 0.681. The fraction of sp³-hybridized carbons (Fsp3) is 0.364. The van der Waals surface area contributed by atoms with E-state index in [1.165, 1.54) is 42.4 Å². The van der Waals surface area contributed by atoms with E-state index in [2.05, 4.69) is 41.5 Å². The summed E-state index contributed by atoms with van der Waals surface area (Å²) in [5, 5.41) is 2.97. The summed E-state index contributed by atoms with van der Waals surface area (Å²) in [4.78, 5) is 15.8. The molecule has 0 spiro atoms. The van der Waals surface area contributed by atoms with Crippen LogP contribution in [-0.2, 0) is 11.2 Å². The largest absolute Gasteiger partial charge is 0.326 e. The molecule has 0 atom stereocenters. The van der Waals surface area contributed by atoms with Gasteiger partial charge in [0.05, 0.1) is 0 Å². The van der Waals surface area contributed by atoms with Gasteiger partial charge < -0.3 is 5.32 Å². The van der Waals surface area contributed by atoms with Crippen molar-refractivity contribution in [1.82, 2.24) is 4.98 Å². The number of aromatic nitrogens is 1. The lowest BCUT2D eigenvalue weighted by atomic mass is 9.93. The first-order valence-electron chi connectivity index (χ1n) is 9.30. The topological polar surface area (TPSA) is 42.0 Å². The van der Waals surface area contributed by atoms with Gasteiger partial charge in [-0.25, -0.2) is 0 Å². The number of carbonyl (C=O) groups is 1. The van der Waals surface area contributed by atoms with E-state index in [1.54, 1.807) is 6.20 Å². The number of fused-ring (bicyclic) bond motifs is 1. The summed E-state index contributed by atoms with van der Waals surface area (Å²) in [7, 11) is 0. The summed E-state index contributed by atoms with van der Waals surface area (Å²) in [6.45, 7) is 2.24. The van der Waals surface area contributed by atoms with Crippen LogP contribution < -0.4 is 5.32 Å². The standard InChI is InChI=1S/C22H26N2O/c1-2-3-4-5-8-18(14-17-7-6-13-23-16-17)19-9-11-21-20(15-19)10-12-22(25)24-21/h6-7,9,11,13-16H,2-5,8,10,12H2,1H3,(H,24,25). The maximum atomic E-state index is 11.6. The van der Waals surface area contributed by atoms with E-state index >= 15 is 0 Å². The Morgan fingerprint density at radius 2 is 2.12 bits per heavy atom. The minimum absolute atomic E-state index is 0.117. The van der Waals surface area contributed by atoms with E-state index in [4.69, 9.17) is 0 Å². The molecule has 0 saturated heterocycles. The molecule has 1 aliphatic heterocycles. The van der Waals surface area contributed by atoms with Crippen LogP contribution in [0.2, 0.25) is 0 Å². The first kappa shape index (κ1) is 17.4. The molecule has 3 heteroatoms. The number of carbonyl (C=O) groups excluding carboxylic acids is 1. The fourth-order valence-electron chi connectivity index (χ4n) is 3.29. The van der Waals surface area contributed by atoms with Crippen LogP contribution in [0.4, 0.5) is 5.69 Å². The Morgan fingerprint density at radius 3 is 2.92 bits per heavy atom. The number of rotatable bonds is 7. The minimum Gasteiger partial charge on any atom is -0.326 e. The number of anilines is 1. The molecular weight excluding hydrogens is 308 g/mol. The van der Waals surface area contributed by atoms with Gasteiger partial charge in [-0.1, -0.05) is 38.3 Å². The number of allylic oxidation sites excluding steroid dienone is 1. The SMILES string of the molecule is CCCCCCC(=Cc1cccnc1)c1ccc2c(c1)CCC(=O)N2. The molecule has 0 fully saturated rings. The van der Waals surface area contributed by atoms with Gasteiger partial charge in [0.15, 0.2) is 0 Å². The highest BCUT2D eigenvalue weighted by molar-refractivity contribution is 5.94. The second kappa shape index (κ2) is 8.61. The molecule has 0 unspecified atom stereocenters. The van der Waals surface area contributed by atoms with Crippen LogP contribution >= 0.6 is 0 Å². The van der Waals surface area contributed by atoms with Crippen LogP contribution in [0.15, 0.2) is 42.7 Å². The number of benzene rings is 1. The van der Waals surface area contributed by atoms with E-state index in [0.717, 1.165) is 24.1 Å². The van der Waals surface area contributed by atoms with Gasteiger partial charge in [-0.3, -0.25) is 9.78 Å². The molecular formula is C22H26N2O. The molecule has 0 saturated carbocycles. The molecule has 3 rings (SSSR count). The number of hydrogen-bond donors (Lipinski definition) is 1. The molecule has 2 aromatic rings. The summed E-state index contributed by atoms with van der Waals surface area (Å²) in [5.41, 5.74) is 5.95. The minimum atomic E-state index is 0.117. The molecule has 1 aromatic heterocycles. The Bertz CT molecular complexity index is 750. The first-order valence-corrected chi connectivity index (χ1v) is 9.30. The van der Waals surface area contributed by atoms with Gasteiger partial charge in [0.25, 0.3) is 0 Å². The molecule has 2 heterocycles. The van der Waals surface area contributed by atoms with Crippen molar-refractivity contribution >= 4 is 23.2 Å². The van der Waals surface area contributed by atoms with Gasteiger partial charge in [-0.15, -0.1) is 0 Å². The molecule has 1 N–H and O–H groups in total. The normalized spacial score (nSPS) is 14.1. The maximum Gasteiger partial charge on any atom is 0.224 e. The van der Waals surface area contributed by atoms with Gasteiger partial charge in [0.1, 0.15) is 0 Å². The van der Waals surface area contributed by atoms with E-state index in [-0.39, 0.29) is 5.91 Å². The number of aryl methyl sites for hydroxylation is 1. The van der Waals surface area contributed by atoms with Gasteiger partial charge in [-0.05, 0) is 65.8 Å². The van der Waals surface area contributed by atoms with Crippen molar-refractivity contribution in [1.29, 1.82) is 0 Å². The number of amides is 1. The van der Waals surface area contributed by atoms with E-state index in [1.807, 2.05) is 18.3 Å². The number of pyridine rings is 1. The van der Waals surface area contributed by atoms with Crippen LogP contribution in [0.1, 0.15) is 62.1 Å². The molecule has 130 valence electrons. The highest BCUT2D eigenvalue weighted by Crippen LogP contribution is 2.30. The molecule has 0 radical (unpaired) electrons. The van der Waals surface area contributed by atoms with E-state index in [0.29, 0.717) is 6.42 Å². The molecule has 1 aliphatic rings. The van der Waals surface area contributed by atoms with Crippen LogP contribution in [0.5, 0.6) is 0 Å². The predicted octanol–water partition coefficient (Wildman–Crippen LogP) is 5.48. The zero-order valence-electron chi connectivity index (χ0n) is 14.9. The van der Waals surface area contributed by atoms with Gasteiger partial charge in [-0.2, -0.15) is 0 Å². The summed E-state index contributed by atoms with van der Waals surface area (Å²) in [6.07, 6.45) is 13.4. The summed E-state index contributed by atoms with van der Waals surface area (Å²) >= 11 is 0. The van der Waals surface area contributed by atoms with Crippen LogP contribution in [0.3, 0.4) is 0 Å². The molecule has 0 aliphatic carbocycles. The van der Waals surface area contributed by atoms with Crippen molar-refractivity contribution in [3.8, 4) is 0 Å². The Labute approximate surface area is 150 Å². The maximum absolute atomic E-state index is 11.6. The molecule has 25 heavy (non-hydrogen) atoms. The number of hydrogen-bond acceptors (Lipinski definition) is 2. The van der Waals surface area contributed by atoms with Crippen LogP contribution in [-0.4, -0.2) is 10.9 Å². The second-order valence-electron chi connectivity index (χ2n) is 6.69. The third-order valence-corrected chi connectivity index (χ3v) is 4.70. The average Bonchev–Trinajstić information content (AvgIpc) is 2.64. The van der Waals surface area contributed by atoms with Crippen molar-refractivity contribution in [3.05, 3.63) is 59.4 Å². The van der Waals surface area contributed by atoms with Crippen molar-refractivity contribution in [3.63, 3.8) is 0 Å². The van der Waals surface area contributed by atoms with Crippen molar-refractivity contribution in [2.24, 2.45) is 0 Å². The van der Waals surface area contributed by atoms with E-state index in [9.17, 15) is 4.79 Å². The zero-order valence-corrected chi connectivity index (χ0v) is 14.9. The Kier molecular flexibility index (Phi) is 5.99. The lowest BCUT2D eigenvalue weighted by Crippen LogP contribution is -2.18. The number of unbranched alkanes of at least 4 members (excludes halogenated alkanes) is 3. The monoisotopic (exact) mass is 334 g/mol. The van der Waals surface area contributed by atoms with Crippen LogP contribution in [0, 0.1) is 0 Å². The van der Waals surface area contributed by atoms with E-state index < -0.39 is 0 Å². The Hall–Kier alpha value is -2.42. The smallest absolute Gasteiger partial charge is 0.224 e. The summed E-state index contributed by atoms with van der Waals surface area (Å²) < 4.78 is 0. The lowest BCUT2D eigenvalue weighted by Gasteiger charge is -2.18. The first-order chi connectivity index (χ1) is 12.3. The molecule has 3 nitrogen and oxygen atoms in total. The van der Waals surface area contributed by atoms with Gasteiger partial charge in [0, 0.05) is 24.5 Å². The summed E-state index contributed by atoms with van der Waals surface area (Å²) in [6, 6.07) is 10.5. The van der Waals surface area contributed by atoms with Crippen LogP contribution in [0.25, 0.3) is 11.6 Å². The molecule has 1 amide bonds. The van der Waals surface area contributed by atoms with Gasteiger partial charge >= 0.3 is 0 Å². The lowest BCUT2D eigenvalue weighted by molar-refractivity contribution is -0.116. The Balaban J connectivity index is 1.86. The fourth-order valence-corrected chi connectivity index (χ4v) is 3.29. The number of nitrogens with zero attached hydrogens (tertiary/aromatic N) is 1. The predicted molar refractivity (Wildman–Crippen MR) is 104 cm³/mol. The molecule has 1 aromatic carbocycles. The highest BCUT2D eigenvalue weighted by Gasteiger charge is 2.15. The van der Waals surface area contributed by atoms with Crippen molar-refractivity contribution in [2.45, 2.75) is 51.9 Å². The number of nitrogens with one attached hydrogen (secondary N) is 1. The average molecular weight is 334 g/mol. The Morgan fingerprint density at radius 1 is 1.20 bits per heavy atom. The summed E-state index contributed by atoms with van der Waals surface area (Å²) in [5.74, 6) is 0.117. The second-order valence-corrected chi connectivity index (χ2v) is 6.69. The highest BCUT2D eigenvalue weighted by atomic mass is 16.1. The molecule has 0 bridgehead atoms.